The number of rotatable bonds is 8. The van der Waals surface area contributed by atoms with E-state index in [1.54, 1.807) is 0 Å². The maximum absolute atomic E-state index is 9.20. The molecule has 0 saturated heterocycles. The van der Waals surface area contributed by atoms with E-state index >= 15 is 0 Å². The zero-order valence-electron chi connectivity index (χ0n) is 10.9. The average Bonchev–Trinajstić information content (AvgIpc) is 2.40. The van der Waals surface area contributed by atoms with E-state index in [1.807, 2.05) is 30.8 Å². The molecule has 0 aliphatic rings. The van der Waals surface area contributed by atoms with E-state index in [-0.39, 0.29) is 12.1 Å². The molecule has 0 saturated carbocycles. The molecule has 0 radical (unpaired) electrons. The monoisotopic (exact) mass is 287 g/mol. The largest absolute Gasteiger partial charge is 0.394 e. The molecule has 1 aromatic rings. The Balaban J connectivity index is 2.17. The first-order chi connectivity index (χ1) is 8.59. The van der Waals surface area contributed by atoms with Crippen LogP contribution in [0.25, 0.3) is 0 Å². The summed E-state index contributed by atoms with van der Waals surface area (Å²) in [6, 6.07) is 7.96. The van der Waals surface area contributed by atoms with Crippen LogP contribution in [0.3, 0.4) is 0 Å². The minimum atomic E-state index is -0.388. The third-order valence-corrected chi connectivity index (χ3v) is 4.53. The number of nitrogens with two attached hydrogens (primary N) is 1. The van der Waals surface area contributed by atoms with Crippen molar-refractivity contribution in [1.29, 1.82) is 0 Å². The van der Waals surface area contributed by atoms with Gasteiger partial charge in [0.25, 0.3) is 0 Å². The summed E-state index contributed by atoms with van der Waals surface area (Å²) in [4.78, 5) is 0. The molecule has 0 heterocycles. The zero-order valence-corrected chi connectivity index (χ0v) is 12.4. The molecule has 3 N–H and O–H groups in total. The Morgan fingerprint density at radius 1 is 1.33 bits per heavy atom. The van der Waals surface area contributed by atoms with Crippen molar-refractivity contribution < 1.29 is 5.11 Å². The highest BCUT2D eigenvalue weighted by Crippen LogP contribution is 2.19. The van der Waals surface area contributed by atoms with Crippen LogP contribution >= 0.6 is 23.4 Å². The lowest BCUT2D eigenvalue weighted by molar-refractivity contribution is 0.182. The van der Waals surface area contributed by atoms with E-state index in [2.05, 4.69) is 12.1 Å². The molecule has 0 fully saturated rings. The molecule has 0 amide bonds. The third-order valence-electron chi connectivity index (χ3n) is 3.16. The molecule has 2 nitrogen and oxygen atoms in total. The minimum Gasteiger partial charge on any atom is -0.394 e. The number of aliphatic hydroxyl groups is 1. The minimum absolute atomic E-state index is 0.0748. The summed E-state index contributed by atoms with van der Waals surface area (Å²) < 4.78 is 0. The molecule has 0 spiro atoms. The van der Waals surface area contributed by atoms with Gasteiger partial charge in [-0.2, -0.15) is 11.8 Å². The smallest absolute Gasteiger partial charge is 0.0611 e. The van der Waals surface area contributed by atoms with Crippen molar-refractivity contribution in [2.75, 3.05) is 12.4 Å². The molecule has 4 heteroatoms. The molecule has 18 heavy (non-hydrogen) atoms. The summed E-state index contributed by atoms with van der Waals surface area (Å²) in [5, 5.41) is 9.98. The van der Waals surface area contributed by atoms with Crippen molar-refractivity contribution in [3.05, 3.63) is 34.9 Å². The quantitative estimate of drug-likeness (QED) is 0.720. The van der Waals surface area contributed by atoms with Gasteiger partial charge in [0.1, 0.15) is 0 Å². The van der Waals surface area contributed by atoms with E-state index in [0.29, 0.717) is 0 Å². The van der Waals surface area contributed by atoms with Crippen LogP contribution in [0.15, 0.2) is 24.3 Å². The number of benzene rings is 1. The summed E-state index contributed by atoms with van der Waals surface area (Å²) in [5.74, 6) is 2.07. The fourth-order valence-electron chi connectivity index (χ4n) is 1.66. The molecule has 1 atom stereocenters. The third kappa shape index (κ3) is 5.61. The topological polar surface area (TPSA) is 46.2 Å². The molecule has 1 unspecified atom stereocenters. The Morgan fingerprint density at radius 2 is 2.00 bits per heavy atom. The van der Waals surface area contributed by atoms with Crippen LogP contribution in [0.1, 0.15) is 31.7 Å². The molecule has 102 valence electrons. The average molecular weight is 288 g/mol. The summed E-state index contributed by atoms with van der Waals surface area (Å²) in [7, 11) is 0. The van der Waals surface area contributed by atoms with E-state index in [4.69, 9.17) is 17.3 Å². The van der Waals surface area contributed by atoms with Crippen molar-refractivity contribution in [3.63, 3.8) is 0 Å². The Labute approximate surface area is 119 Å². The maximum atomic E-state index is 9.20. The van der Waals surface area contributed by atoms with Crippen LogP contribution in [0.4, 0.5) is 0 Å². The summed E-state index contributed by atoms with van der Waals surface area (Å²) >= 11 is 7.73. The molecule has 1 aromatic carbocycles. The lowest BCUT2D eigenvalue weighted by Crippen LogP contribution is -2.42. The highest BCUT2D eigenvalue weighted by atomic mass is 35.5. The number of thioether (sulfide) groups is 1. The van der Waals surface area contributed by atoms with Gasteiger partial charge in [0.05, 0.1) is 6.61 Å². The molecule has 0 aliphatic heterocycles. The molecule has 0 bridgehead atoms. The van der Waals surface area contributed by atoms with Crippen molar-refractivity contribution in [1.82, 2.24) is 0 Å². The number of hydrogen-bond acceptors (Lipinski definition) is 3. The Bertz CT molecular complexity index is 338. The van der Waals surface area contributed by atoms with Gasteiger partial charge in [0.2, 0.25) is 0 Å². The van der Waals surface area contributed by atoms with Crippen LogP contribution in [-0.2, 0) is 5.75 Å². The predicted octanol–water partition coefficient (Wildman–Crippen LogP) is 3.45. The number of halogens is 1. The van der Waals surface area contributed by atoms with Gasteiger partial charge in [-0.3, -0.25) is 0 Å². The molecular weight excluding hydrogens is 266 g/mol. The van der Waals surface area contributed by atoms with Gasteiger partial charge >= 0.3 is 0 Å². The summed E-state index contributed by atoms with van der Waals surface area (Å²) in [6.07, 6.45) is 2.75. The molecule has 0 aliphatic carbocycles. The van der Waals surface area contributed by atoms with Gasteiger partial charge in [-0.1, -0.05) is 30.7 Å². The second-order valence-corrected chi connectivity index (χ2v) is 6.20. The van der Waals surface area contributed by atoms with Crippen LogP contribution < -0.4 is 5.73 Å². The summed E-state index contributed by atoms with van der Waals surface area (Å²) in [5.41, 5.74) is 6.94. The van der Waals surface area contributed by atoms with Crippen molar-refractivity contribution in [3.8, 4) is 0 Å². The molecule has 0 aromatic heterocycles. The van der Waals surface area contributed by atoms with Crippen molar-refractivity contribution >= 4 is 23.4 Å². The lowest BCUT2D eigenvalue weighted by atomic mass is 9.93. The van der Waals surface area contributed by atoms with Crippen LogP contribution in [0.2, 0.25) is 5.02 Å². The second kappa shape index (κ2) is 8.05. The van der Waals surface area contributed by atoms with E-state index in [9.17, 15) is 5.11 Å². The maximum Gasteiger partial charge on any atom is 0.0611 e. The zero-order chi connectivity index (χ0) is 13.4. The van der Waals surface area contributed by atoms with Gasteiger partial charge < -0.3 is 10.8 Å². The SMILES string of the molecule is CCC(N)(CO)CCCSCc1ccc(Cl)cc1. The standard InChI is InChI=1S/C14H22ClNOS/c1-2-14(16,11-17)8-3-9-18-10-12-4-6-13(15)7-5-12/h4-7,17H,2-3,8-11,16H2,1H3. The van der Waals surface area contributed by atoms with Crippen molar-refractivity contribution in [2.24, 2.45) is 5.73 Å². The Hall–Kier alpha value is -0.220. The lowest BCUT2D eigenvalue weighted by Gasteiger charge is -2.25. The van der Waals surface area contributed by atoms with Crippen LogP contribution in [0.5, 0.6) is 0 Å². The number of aliphatic hydroxyl groups excluding tert-OH is 1. The Kier molecular flexibility index (Phi) is 7.08. The fourth-order valence-corrected chi connectivity index (χ4v) is 2.71. The van der Waals surface area contributed by atoms with E-state index < -0.39 is 0 Å². The first kappa shape index (κ1) is 15.8. The van der Waals surface area contributed by atoms with Crippen molar-refractivity contribution in [2.45, 2.75) is 37.5 Å². The molecule has 1 rings (SSSR count). The molecular formula is C14H22ClNOS. The fraction of sp³-hybridized carbons (Fsp3) is 0.571. The summed E-state index contributed by atoms with van der Waals surface area (Å²) in [6.45, 7) is 2.10. The van der Waals surface area contributed by atoms with Gasteiger partial charge in [0.15, 0.2) is 0 Å². The van der Waals surface area contributed by atoms with Gasteiger partial charge in [-0.15, -0.1) is 0 Å². The van der Waals surface area contributed by atoms with E-state index in [1.165, 1.54) is 5.56 Å². The highest BCUT2D eigenvalue weighted by molar-refractivity contribution is 7.98. The highest BCUT2D eigenvalue weighted by Gasteiger charge is 2.20. The first-order valence-corrected chi connectivity index (χ1v) is 7.85. The number of hydrogen-bond donors (Lipinski definition) is 2. The van der Waals surface area contributed by atoms with Crippen LogP contribution in [0, 0.1) is 0 Å². The van der Waals surface area contributed by atoms with Gasteiger partial charge in [-0.25, -0.2) is 0 Å². The first-order valence-electron chi connectivity index (χ1n) is 6.31. The van der Waals surface area contributed by atoms with E-state index in [0.717, 1.165) is 35.8 Å². The Morgan fingerprint density at radius 3 is 2.56 bits per heavy atom. The van der Waals surface area contributed by atoms with Gasteiger partial charge in [0, 0.05) is 16.3 Å². The normalized spacial score (nSPS) is 14.4. The van der Waals surface area contributed by atoms with Gasteiger partial charge in [-0.05, 0) is 42.7 Å². The van der Waals surface area contributed by atoms with Crippen LogP contribution in [-0.4, -0.2) is 23.0 Å². The predicted molar refractivity (Wildman–Crippen MR) is 81.1 cm³/mol. The second-order valence-electron chi connectivity index (χ2n) is 4.66.